The van der Waals surface area contributed by atoms with Gasteiger partial charge in [0.1, 0.15) is 18.5 Å². The van der Waals surface area contributed by atoms with E-state index < -0.39 is 0 Å². The molecule has 1 aliphatic heterocycles. The Hall–Kier alpha value is -1.28. The highest BCUT2D eigenvalue weighted by atomic mass is 16.6. The number of hydrogen-bond acceptors (Lipinski definition) is 2. The second-order valence-corrected chi connectivity index (χ2v) is 4.03. The third kappa shape index (κ3) is 3.70. The highest BCUT2D eigenvalue weighted by Crippen LogP contribution is 2.16. The molecule has 0 amide bonds. The van der Waals surface area contributed by atoms with Crippen molar-refractivity contribution in [1.29, 1.82) is 0 Å². The van der Waals surface area contributed by atoms with Crippen molar-refractivity contribution in [2.45, 2.75) is 25.9 Å². The van der Waals surface area contributed by atoms with Crippen molar-refractivity contribution in [2.24, 2.45) is 0 Å². The fraction of sp³-hybridized carbons (Fsp3) is 0.429. The molecule has 0 spiro atoms. The molecule has 0 saturated carbocycles. The van der Waals surface area contributed by atoms with Crippen molar-refractivity contribution < 1.29 is 9.47 Å². The van der Waals surface area contributed by atoms with E-state index in [2.05, 4.69) is 31.2 Å². The van der Waals surface area contributed by atoms with Crippen LogP contribution in [0.5, 0.6) is 5.75 Å². The smallest absolute Gasteiger partial charge is 0.119 e. The summed E-state index contributed by atoms with van der Waals surface area (Å²) in [4.78, 5) is 0. The fourth-order valence-electron chi connectivity index (χ4n) is 1.41. The van der Waals surface area contributed by atoms with Crippen LogP contribution in [0.1, 0.15) is 25.3 Å². The van der Waals surface area contributed by atoms with Gasteiger partial charge in [-0.15, -0.1) is 0 Å². The van der Waals surface area contributed by atoms with E-state index in [-0.39, 0.29) is 0 Å². The normalized spacial score (nSPS) is 18.9. The molecule has 1 saturated heterocycles. The van der Waals surface area contributed by atoms with E-state index >= 15 is 0 Å². The van der Waals surface area contributed by atoms with Crippen LogP contribution in [0.4, 0.5) is 0 Å². The first-order valence-corrected chi connectivity index (χ1v) is 5.89. The van der Waals surface area contributed by atoms with Crippen LogP contribution in [0.15, 0.2) is 30.3 Å². The van der Waals surface area contributed by atoms with Crippen LogP contribution in [0.25, 0.3) is 6.08 Å². The molecule has 2 nitrogen and oxygen atoms in total. The van der Waals surface area contributed by atoms with Gasteiger partial charge in [0.2, 0.25) is 0 Å². The standard InChI is InChI=1S/C14H18O2/c1-2-3-4-5-12-6-8-13(9-7-12)15-10-14-11-16-14/h4-9,14H,2-3,10-11H2,1H3/b5-4+. The van der Waals surface area contributed by atoms with Gasteiger partial charge >= 0.3 is 0 Å². The molecule has 1 atom stereocenters. The number of benzene rings is 1. The van der Waals surface area contributed by atoms with Gasteiger partial charge in [0.05, 0.1) is 6.61 Å². The minimum Gasteiger partial charge on any atom is -0.491 e. The lowest BCUT2D eigenvalue weighted by Crippen LogP contribution is -2.03. The first-order chi connectivity index (χ1) is 7.88. The van der Waals surface area contributed by atoms with Crippen LogP contribution in [-0.4, -0.2) is 19.3 Å². The Balaban J connectivity index is 1.82. The van der Waals surface area contributed by atoms with Crippen LogP contribution in [0.2, 0.25) is 0 Å². The molecule has 2 heteroatoms. The summed E-state index contributed by atoms with van der Waals surface area (Å²) in [6, 6.07) is 8.17. The molecule has 0 aromatic heterocycles. The minimum absolute atomic E-state index is 0.323. The number of ether oxygens (including phenoxy) is 2. The first kappa shape index (κ1) is 11.2. The van der Waals surface area contributed by atoms with E-state index in [1.54, 1.807) is 0 Å². The van der Waals surface area contributed by atoms with Gasteiger partial charge in [0.25, 0.3) is 0 Å². The summed E-state index contributed by atoms with van der Waals surface area (Å²) in [5.41, 5.74) is 1.23. The van der Waals surface area contributed by atoms with Gasteiger partial charge in [0, 0.05) is 0 Å². The SMILES string of the molecule is CCC/C=C/c1ccc(OCC2CO2)cc1. The molecule has 1 fully saturated rings. The van der Waals surface area contributed by atoms with Gasteiger partial charge in [-0.25, -0.2) is 0 Å². The molecule has 0 radical (unpaired) electrons. The lowest BCUT2D eigenvalue weighted by Gasteiger charge is -2.03. The lowest BCUT2D eigenvalue weighted by atomic mass is 10.2. The molecule has 0 aliphatic carbocycles. The zero-order chi connectivity index (χ0) is 11.2. The van der Waals surface area contributed by atoms with Crippen molar-refractivity contribution >= 4 is 6.08 Å². The van der Waals surface area contributed by atoms with Gasteiger partial charge in [-0.1, -0.05) is 37.6 Å². The molecule has 1 aliphatic rings. The molecule has 0 bridgehead atoms. The van der Waals surface area contributed by atoms with E-state index in [1.165, 1.54) is 12.0 Å². The number of epoxide rings is 1. The van der Waals surface area contributed by atoms with Crippen LogP contribution in [-0.2, 0) is 4.74 Å². The quantitative estimate of drug-likeness (QED) is 0.683. The Morgan fingerprint density at radius 1 is 1.38 bits per heavy atom. The van der Waals surface area contributed by atoms with Crippen LogP contribution < -0.4 is 4.74 Å². The Morgan fingerprint density at radius 2 is 2.12 bits per heavy atom. The highest BCUT2D eigenvalue weighted by Gasteiger charge is 2.22. The average Bonchev–Trinajstić information content (AvgIpc) is 3.12. The fourth-order valence-corrected chi connectivity index (χ4v) is 1.41. The monoisotopic (exact) mass is 218 g/mol. The number of hydrogen-bond donors (Lipinski definition) is 0. The van der Waals surface area contributed by atoms with Crippen molar-refractivity contribution in [3.63, 3.8) is 0 Å². The summed E-state index contributed by atoms with van der Waals surface area (Å²) in [5, 5.41) is 0. The van der Waals surface area contributed by atoms with Crippen molar-refractivity contribution in [2.75, 3.05) is 13.2 Å². The second kappa shape index (κ2) is 5.71. The Labute approximate surface area is 96.9 Å². The molecule has 1 aromatic rings. The van der Waals surface area contributed by atoms with Crippen LogP contribution >= 0.6 is 0 Å². The largest absolute Gasteiger partial charge is 0.491 e. The average molecular weight is 218 g/mol. The summed E-state index contributed by atoms with van der Waals surface area (Å²) >= 11 is 0. The highest BCUT2D eigenvalue weighted by molar-refractivity contribution is 5.50. The maximum Gasteiger partial charge on any atom is 0.119 e. The maximum absolute atomic E-state index is 5.56. The van der Waals surface area contributed by atoms with Gasteiger partial charge < -0.3 is 9.47 Å². The second-order valence-electron chi connectivity index (χ2n) is 4.03. The van der Waals surface area contributed by atoms with Crippen molar-refractivity contribution in [3.8, 4) is 5.75 Å². The van der Waals surface area contributed by atoms with E-state index in [9.17, 15) is 0 Å². The molecule has 16 heavy (non-hydrogen) atoms. The summed E-state index contributed by atoms with van der Waals surface area (Å²) in [5.74, 6) is 0.920. The van der Waals surface area contributed by atoms with E-state index in [0.29, 0.717) is 12.7 Å². The lowest BCUT2D eigenvalue weighted by molar-refractivity contribution is 0.263. The van der Waals surface area contributed by atoms with Gasteiger partial charge in [0.15, 0.2) is 0 Å². The first-order valence-electron chi connectivity index (χ1n) is 5.89. The van der Waals surface area contributed by atoms with Gasteiger partial charge in [-0.2, -0.15) is 0 Å². The summed E-state index contributed by atoms with van der Waals surface area (Å²) < 4.78 is 10.6. The van der Waals surface area contributed by atoms with E-state index in [4.69, 9.17) is 9.47 Å². The van der Waals surface area contributed by atoms with Crippen LogP contribution in [0, 0.1) is 0 Å². The van der Waals surface area contributed by atoms with Crippen molar-refractivity contribution in [1.82, 2.24) is 0 Å². The number of allylic oxidation sites excluding steroid dienone is 1. The van der Waals surface area contributed by atoms with E-state index in [0.717, 1.165) is 18.8 Å². The summed E-state index contributed by atoms with van der Waals surface area (Å²) in [7, 11) is 0. The van der Waals surface area contributed by atoms with Gasteiger partial charge in [-0.3, -0.25) is 0 Å². The molecule has 0 N–H and O–H groups in total. The maximum atomic E-state index is 5.56. The molecular weight excluding hydrogens is 200 g/mol. The predicted octanol–water partition coefficient (Wildman–Crippen LogP) is 3.28. The molecule has 1 heterocycles. The number of rotatable bonds is 6. The third-order valence-corrected chi connectivity index (χ3v) is 2.48. The topological polar surface area (TPSA) is 21.8 Å². The summed E-state index contributed by atoms with van der Waals surface area (Å²) in [6.45, 7) is 3.70. The summed E-state index contributed by atoms with van der Waals surface area (Å²) in [6.07, 6.45) is 7.01. The minimum atomic E-state index is 0.323. The third-order valence-electron chi connectivity index (χ3n) is 2.48. The molecular formula is C14H18O2. The van der Waals surface area contributed by atoms with Crippen molar-refractivity contribution in [3.05, 3.63) is 35.9 Å². The zero-order valence-electron chi connectivity index (χ0n) is 9.69. The zero-order valence-corrected chi connectivity index (χ0v) is 9.69. The van der Waals surface area contributed by atoms with Crippen LogP contribution in [0.3, 0.4) is 0 Å². The van der Waals surface area contributed by atoms with E-state index in [1.807, 2.05) is 12.1 Å². The number of unbranched alkanes of at least 4 members (excludes halogenated alkanes) is 1. The van der Waals surface area contributed by atoms with Gasteiger partial charge in [-0.05, 0) is 24.1 Å². The Kier molecular flexibility index (Phi) is 4.00. The Morgan fingerprint density at radius 3 is 2.75 bits per heavy atom. The predicted molar refractivity (Wildman–Crippen MR) is 65.6 cm³/mol. The Bertz CT molecular complexity index is 336. The molecule has 2 rings (SSSR count). The molecule has 1 aromatic carbocycles. The molecule has 1 unspecified atom stereocenters. The molecule has 86 valence electrons.